The van der Waals surface area contributed by atoms with Gasteiger partial charge in [-0.1, -0.05) is 26.2 Å². The first-order valence-corrected chi connectivity index (χ1v) is 5.72. The Bertz CT molecular complexity index is 176. The van der Waals surface area contributed by atoms with Crippen LogP contribution in [-0.2, 0) is 4.79 Å². The van der Waals surface area contributed by atoms with Crippen molar-refractivity contribution in [2.24, 2.45) is 0 Å². The number of likely N-dealkylation sites (tertiary alicyclic amines) is 1. The molecule has 0 aliphatic carbocycles. The van der Waals surface area contributed by atoms with E-state index >= 15 is 0 Å². The third-order valence-electron chi connectivity index (χ3n) is 2.95. The molecule has 1 unspecified atom stereocenters. The molecular weight excluding hydrogens is 178 g/mol. The van der Waals surface area contributed by atoms with Gasteiger partial charge in [-0.05, 0) is 32.4 Å². The quantitative estimate of drug-likeness (QED) is 0.666. The normalized spacial score (nSPS) is 19.8. The molecule has 0 bridgehead atoms. The summed E-state index contributed by atoms with van der Waals surface area (Å²) in [6.45, 7) is 4.10. The van der Waals surface area contributed by atoms with Crippen molar-refractivity contribution >= 4 is 5.97 Å². The van der Waals surface area contributed by atoms with Crippen molar-refractivity contribution in [3.63, 3.8) is 0 Å². The van der Waals surface area contributed by atoms with Crippen LogP contribution in [0.1, 0.15) is 45.4 Å². The molecule has 0 radical (unpaired) electrons. The maximum absolute atomic E-state index is 11.0. The highest BCUT2D eigenvalue weighted by Gasteiger charge is 2.26. The Morgan fingerprint density at radius 1 is 1.36 bits per heavy atom. The molecule has 1 fully saturated rings. The molecule has 1 aliphatic heterocycles. The number of unbranched alkanes of at least 4 members (excludes halogenated alkanes) is 2. The lowest BCUT2D eigenvalue weighted by atomic mass is 10.1. The number of carbonyl (C=O) groups is 1. The average Bonchev–Trinajstić information content (AvgIpc) is 2.64. The zero-order chi connectivity index (χ0) is 10.4. The third kappa shape index (κ3) is 3.29. The zero-order valence-corrected chi connectivity index (χ0v) is 9.04. The van der Waals surface area contributed by atoms with E-state index in [2.05, 4.69) is 11.8 Å². The molecule has 1 heterocycles. The molecule has 1 aliphatic rings. The number of hydrogen-bond acceptors (Lipinski definition) is 2. The van der Waals surface area contributed by atoms with E-state index in [9.17, 15) is 4.79 Å². The molecule has 1 saturated heterocycles. The van der Waals surface area contributed by atoms with Crippen LogP contribution >= 0.6 is 0 Å². The highest BCUT2D eigenvalue weighted by molar-refractivity contribution is 5.73. The molecule has 82 valence electrons. The van der Waals surface area contributed by atoms with E-state index in [4.69, 9.17) is 5.11 Å². The summed E-state index contributed by atoms with van der Waals surface area (Å²) >= 11 is 0. The summed E-state index contributed by atoms with van der Waals surface area (Å²) in [5.74, 6) is -0.636. The van der Waals surface area contributed by atoms with Gasteiger partial charge in [-0.15, -0.1) is 0 Å². The van der Waals surface area contributed by atoms with E-state index in [0.29, 0.717) is 0 Å². The van der Waals surface area contributed by atoms with Crippen LogP contribution in [0.5, 0.6) is 0 Å². The summed E-state index contributed by atoms with van der Waals surface area (Å²) in [6, 6.07) is -0.218. The number of hydrogen-bond donors (Lipinski definition) is 1. The van der Waals surface area contributed by atoms with Gasteiger partial charge in [0.2, 0.25) is 0 Å². The molecular formula is C11H21NO2. The second-order valence-electron chi connectivity index (χ2n) is 4.09. The van der Waals surface area contributed by atoms with Gasteiger partial charge in [-0.25, -0.2) is 0 Å². The zero-order valence-electron chi connectivity index (χ0n) is 9.04. The number of carboxylic acid groups (broad SMARTS) is 1. The Labute approximate surface area is 86.1 Å². The lowest BCUT2D eigenvalue weighted by Crippen LogP contribution is -2.39. The predicted molar refractivity (Wildman–Crippen MR) is 56.4 cm³/mol. The lowest BCUT2D eigenvalue weighted by molar-refractivity contribution is -0.143. The van der Waals surface area contributed by atoms with Crippen molar-refractivity contribution < 1.29 is 9.90 Å². The Hall–Kier alpha value is -0.570. The molecule has 0 aromatic rings. The van der Waals surface area contributed by atoms with Crippen LogP contribution in [0.3, 0.4) is 0 Å². The smallest absolute Gasteiger partial charge is 0.320 e. The van der Waals surface area contributed by atoms with Gasteiger partial charge in [0.05, 0.1) is 0 Å². The van der Waals surface area contributed by atoms with Gasteiger partial charge >= 0.3 is 5.97 Å². The number of rotatable bonds is 6. The molecule has 0 spiro atoms. The van der Waals surface area contributed by atoms with Crippen molar-refractivity contribution in [2.45, 2.75) is 51.5 Å². The summed E-state index contributed by atoms with van der Waals surface area (Å²) in [6.07, 6.45) is 6.51. The standard InChI is InChI=1S/C11H21NO2/c1-2-3-4-7-10(11(13)14)12-8-5-6-9-12/h10H,2-9H2,1H3,(H,13,14). The number of nitrogens with zero attached hydrogens (tertiary/aromatic N) is 1. The summed E-state index contributed by atoms with van der Waals surface area (Å²) in [7, 11) is 0. The number of aliphatic carboxylic acids is 1. The summed E-state index contributed by atoms with van der Waals surface area (Å²) in [5.41, 5.74) is 0. The van der Waals surface area contributed by atoms with Gasteiger partial charge in [0, 0.05) is 0 Å². The molecule has 0 amide bonds. The van der Waals surface area contributed by atoms with Crippen molar-refractivity contribution in [1.82, 2.24) is 4.90 Å². The molecule has 0 aromatic heterocycles. The average molecular weight is 199 g/mol. The minimum Gasteiger partial charge on any atom is -0.480 e. The molecule has 0 aromatic carbocycles. The van der Waals surface area contributed by atoms with Crippen molar-refractivity contribution in [3.8, 4) is 0 Å². The van der Waals surface area contributed by atoms with E-state index in [1.165, 1.54) is 0 Å². The molecule has 1 N–H and O–H groups in total. The van der Waals surface area contributed by atoms with Gasteiger partial charge < -0.3 is 5.11 Å². The minimum absolute atomic E-state index is 0.218. The molecule has 14 heavy (non-hydrogen) atoms. The third-order valence-corrected chi connectivity index (χ3v) is 2.95. The lowest BCUT2D eigenvalue weighted by Gasteiger charge is -2.23. The van der Waals surface area contributed by atoms with Gasteiger partial charge in [-0.3, -0.25) is 9.69 Å². The predicted octanol–water partition coefficient (Wildman–Crippen LogP) is 2.12. The highest BCUT2D eigenvalue weighted by Crippen LogP contribution is 2.16. The van der Waals surface area contributed by atoms with E-state index in [1.54, 1.807) is 0 Å². The molecule has 0 saturated carbocycles. The minimum atomic E-state index is -0.636. The van der Waals surface area contributed by atoms with E-state index in [-0.39, 0.29) is 6.04 Å². The van der Waals surface area contributed by atoms with Crippen LogP contribution in [-0.4, -0.2) is 35.1 Å². The van der Waals surface area contributed by atoms with Crippen LogP contribution in [0, 0.1) is 0 Å². The fourth-order valence-electron chi connectivity index (χ4n) is 2.10. The second-order valence-corrected chi connectivity index (χ2v) is 4.09. The Morgan fingerprint density at radius 3 is 2.50 bits per heavy atom. The summed E-state index contributed by atoms with van der Waals surface area (Å²) in [4.78, 5) is 13.2. The van der Waals surface area contributed by atoms with Crippen LogP contribution in [0.25, 0.3) is 0 Å². The molecule has 1 atom stereocenters. The van der Waals surface area contributed by atoms with Gasteiger partial charge in [-0.2, -0.15) is 0 Å². The van der Waals surface area contributed by atoms with E-state index in [0.717, 1.165) is 51.6 Å². The SMILES string of the molecule is CCCCCC(C(=O)O)N1CCCC1. The summed E-state index contributed by atoms with van der Waals surface area (Å²) < 4.78 is 0. The van der Waals surface area contributed by atoms with E-state index in [1.807, 2.05) is 0 Å². The molecule has 3 nitrogen and oxygen atoms in total. The topological polar surface area (TPSA) is 40.5 Å². The Balaban J connectivity index is 2.34. The van der Waals surface area contributed by atoms with Gasteiger partial charge in [0.15, 0.2) is 0 Å². The fourth-order valence-corrected chi connectivity index (χ4v) is 2.10. The highest BCUT2D eigenvalue weighted by atomic mass is 16.4. The maximum Gasteiger partial charge on any atom is 0.320 e. The molecule has 1 rings (SSSR count). The van der Waals surface area contributed by atoms with Crippen molar-refractivity contribution in [1.29, 1.82) is 0 Å². The summed E-state index contributed by atoms with van der Waals surface area (Å²) in [5, 5.41) is 9.09. The first-order chi connectivity index (χ1) is 6.75. The largest absolute Gasteiger partial charge is 0.480 e. The van der Waals surface area contributed by atoms with Crippen LogP contribution in [0.2, 0.25) is 0 Å². The monoisotopic (exact) mass is 199 g/mol. The first kappa shape index (κ1) is 11.5. The second kappa shape index (κ2) is 6.02. The van der Waals surface area contributed by atoms with Crippen LogP contribution in [0.15, 0.2) is 0 Å². The molecule has 3 heteroatoms. The maximum atomic E-state index is 11.0. The van der Waals surface area contributed by atoms with Gasteiger partial charge in [0.25, 0.3) is 0 Å². The van der Waals surface area contributed by atoms with Crippen LogP contribution < -0.4 is 0 Å². The van der Waals surface area contributed by atoms with E-state index < -0.39 is 5.97 Å². The fraction of sp³-hybridized carbons (Fsp3) is 0.909. The van der Waals surface area contributed by atoms with Crippen molar-refractivity contribution in [3.05, 3.63) is 0 Å². The number of carboxylic acids is 1. The Morgan fingerprint density at radius 2 is 2.00 bits per heavy atom. The Kier molecular flexibility index (Phi) is 4.94. The van der Waals surface area contributed by atoms with Crippen molar-refractivity contribution in [2.75, 3.05) is 13.1 Å². The first-order valence-electron chi connectivity index (χ1n) is 5.72. The van der Waals surface area contributed by atoms with Gasteiger partial charge in [0.1, 0.15) is 6.04 Å². The van der Waals surface area contributed by atoms with Crippen LogP contribution in [0.4, 0.5) is 0 Å².